The number of rotatable bonds is 4. The fourth-order valence-electron chi connectivity index (χ4n) is 6.33. The summed E-state index contributed by atoms with van der Waals surface area (Å²) in [5, 5.41) is 7.82. The van der Waals surface area contributed by atoms with E-state index in [0.717, 1.165) is 40.3 Å². The van der Waals surface area contributed by atoms with E-state index in [1.54, 1.807) is 0 Å². The molecule has 0 radical (unpaired) electrons. The molecule has 0 saturated heterocycles. The zero-order valence-electron chi connectivity index (χ0n) is 23.1. The van der Waals surface area contributed by atoms with Crippen LogP contribution >= 0.6 is 0 Å². The number of hydrogen-bond acceptors (Lipinski definition) is 2. The number of fused-ring (bicyclic) bond motifs is 6. The highest BCUT2D eigenvalue weighted by Crippen LogP contribution is 2.39. The van der Waals surface area contributed by atoms with Crippen molar-refractivity contribution < 1.29 is 0 Å². The molecule has 7 aromatic rings. The second kappa shape index (κ2) is 10.2. The molecule has 0 bridgehead atoms. The zero-order valence-corrected chi connectivity index (χ0v) is 23.1. The molecular weight excluding hydrogens is 508 g/mol. The monoisotopic (exact) mass is 536 g/mol. The second-order valence-corrected chi connectivity index (χ2v) is 11.0. The summed E-state index contributed by atoms with van der Waals surface area (Å²) < 4.78 is 0. The standard InChI is InChI=1S/C40H28N2/c1-3-12-27(13-4-1)38-26-39(28-14-5-2-6-15-28)42-40(41-38)31-17-11-16-29(24-31)30-22-23-36-34-20-8-7-18-32(34)33-19-9-10-21-35(33)37(36)25-30/h1-23,25-26,29H,24H2. The van der Waals surface area contributed by atoms with Gasteiger partial charge in [0, 0.05) is 17.0 Å². The van der Waals surface area contributed by atoms with Crippen LogP contribution in [0.5, 0.6) is 0 Å². The van der Waals surface area contributed by atoms with Gasteiger partial charge in [-0.05, 0) is 62.0 Å². The van der Waals surface area contributed by atoms with Gasteiger partial charge in [-0.3, -0.25) is 0 Å². The van der Waals surface area contributed by atoms with Crippen molar-refractivity contribution in [3.63, 3.8) is 0 Å². The minimum absolute atomic E-state index is 0.240. The van der Waals surface area contributed by atoms with Crippen molar-refractivity contribution in [2.24, 2.45) is 0 Å². The minimum atomic E-state index is 0.240. The normalized spacial score (nSPS) is 14.9. The molecule has 42 heavy (non-hydrogen) atoms. The van der Waals surface area contributed by atoms with Crippen LogP contribution < -0.4 is 0 Å². The van der Waals surface area contributed by atoms with Crippen LogP contribution in [0.15, 0.2) is 152 Å². The van der Waals surface area contributed by atoms with Crippen molar-refractivity contribution in [1.82, 2.24) is 9.97 Å². The van der Waals surface area contributed by atoms with Gasteiger partial charge in [0.15, 0.2) is 5.82 Å². The molecule has 0 aliphatic heterocycles. The van der Waals surface area contributed by atoms with Gasteiger partial charge in [-0.25, -0.2) is 9.97 Å². The van der Waals surface area contributed by atoms with E-state index in [9.17, 15) is 0 Å². The fourth-order valence-corrected chi connectivity index (χ4v) is 6.33. The fraction of sp³-hybridized carbons (Fsp3) is 0.0500. The first kappa shape index (κ1) is 24.5. The zero-order chi connectivity index (χ0) is 27.9. The summed E-state index contributed by atoms with van der Waals surface area (Å²) in [4.78, 5) is 10.2. The van der Waals surface area contributed by atoms with Crippen LogP contribution in [0.25, 0.3) is 60.4 Å². The van der Waals surface area contributed by atoms with Crippen molar-refractivity contribution >= 4 is 37.9 Å². The van der Waals surface area contributed by atoms with Gasteiger partial charge >= 0.3 is 0 Å². The lowest BCUT2D eigenvalue weighted by Crippen LogP contribution is -2.05. The summed E-state index contributed by atoms with van der Waals surface area (Å²) in [5.74, 6) is 1.03. The van der Waals surface area contributed by atoms with Crippen LogP contribution in [0.1, 0.15) is 23.7 Å². The van der Waals surface area contributed by atoms with Crippen LogP contribution in [-0.4, -0.2) is 9.97 Å². The summed E-state index contributed by atoms with van der Waals surface area (Å²) >= 11 is 0. The first-order valence-electron chi connectivity index (χ1n) is 14.5. The Morgan fingerprint density at radius 2 is 0.976 bits per heavy atom. The largest absolute Gasteiger partial charge is 0.228 e. The molecule has 8 rings (SSSR count). The average molecular weight is 537 g/mol. The molecule has 2 nitrogen and oxygen atoms in total. The third kappa shape index (κ3) is 4.29. The van der Waals surface area contributed by atoms with E-state index in [2.05, 4.69) is 140 Å². The highest BCUT2D eigenvalue weighted by atomic mass is 14.9. The third-order valence-corrected chi connectivity index (χ3v) is 8.43. The maximum absolute atomic E-state index is 5.09. The summed E-state index contributed by atoms with van der Waals surface area (Å²) in [6.07, 6.45) is 7.51. The van der Waals surface area contributed by atoms with Gasteiger partial charge in [0.05, 0.1) is 11.4 Å². The van der Waals surface area contributed by atoms with E-state index < -0.39 is 0 Å². The Balaban J connectivity index is 1.21. The van der Waals surface area contributed by atoms with E-state index >= 15 is 0 Å². The summed E-state index contributed by atoms with van der Waals surface area (Å²) in [7, 11) is 0. The van der Waals surface area contributed by atoms with Gasteiger partial charge in [-0.15, -0.1) is 0 Å². The lowest BCUT2D eigenvalue weighted by atomic mass is 9.85. The van der Waals surface area contributed by atoms with Gasteiger partial charge in [0.25, 0.3) is 0 Å². The topological polar surface area (TPSA) is 25.8 Å². The minimum Gasteiger partial charge on any atom is -0.228 e. The quantitative estimate of drug-likeness (QED) is 0.209. The Morgan fingerprint density at radius 3 is 1.55 bits per heavy atom. The summed E-state index contributed by atoms with van der Waals surface area (Å²) in [6, 6.07) is 47.4. The summed E-state index contributed by atoms with van der Waals surface area (Å²) in [5.41, 5.74) is 6.53. The average Bonchev–Trinajstić information content (AvgIpc) is 3.09. The molecule has 1 aliphatic carbocycles. The molecule has 0 saturated carbocycles. The number of aromatic nitrogens is 2. The van der Waals surface area contributed by atoms with Crippen LogP contribution in [0.3, 0.4) is 0 Å². The molecule has 0 N–H and O–H groups in total. The van der Waals surface area contributed by atoms with Gasteiger partial charge in [0.2, 0.25) is 0 Å². The molecule has 0 spiro atoms. The lowest BCUT2D eigenvalue weighted by Gasteiger charge is -2.20. The van der Waals surface area contributed by atoms with Crippen LogP contribution in [0.2, 0.25) is 0 Å². The Labute approximate surface area is 245 Å². The molecular formula is C40H28N2. The molecule has 2 heteroatoms. The Morgan fingerprint density at radius 1 is 0.476 bits per heavy atom. The van der Waals surface area contributed by atoms with Crippen molar-refractivity contribution in [1.29, 1.82) is 0 Å². The van der Waals surface area contributed by atoms with Gasteiger partial charge < -0.3 is 0 Å². The van der Waals surface area contributed by atoms with E-state index in [1.165, 1.54) is 37.9 Å². The molecule has 0 fully saturated rings. The molecule has 198 valence electrons. The SMILES string of the molecule is C1=CC(c2ccc3c4ccccc4c4ccccc4c3c2)CC(c2nc(-c3ccccc3)cc(-c3ccccc3)n2)=C1. The third-order valence-electron chi connectivity index (χ3n) is 8.43. The number of allylic oxidation sites excluding steroid dienone is 4. The maximum Gasteiger partial charge on any atom is 0.156 e. The van der Waals surface area contributed by atoms with E-state index in [0.29, 0.717) is 0 Å². The van der Waals surface area contributed by atoms with Crippen LogP contribution in [0.4, 0.5) is 0 Å². The maximum atomic E-state index is 5.09. The molecule has 1 unspecified atom stereocenters. The van der Waals surface area contributed by atoms with Crippen molar-refractivity contribution in [3.8, 4) is 22.5 Å². The molecule has 6 aromatic carbocycles. The Kier molecular flexibility index (Phi) is 5.97. The van der Waals surface area contributed by atoms with E-state index in [-0.39, 0.29) is 5.92 Å². The summed E-state index contributed by atoms with van der Waals surface area (Å²) in [6.45, 7) is 0. The predicted molar refractivity (Wildman–Crippen MR) is 176 cm³/mol. The van der Waals surface area contributed by atoms with Gasteiger partial charge in [0.1, 0.15) is 0 Å². The van der Waals surface area contributed by atoms with Gasteiger partial charge in [-0.2, -0.15) is 0 Å². The van der Waals surface area contributed by atoms with Crippen LogP contribution in [0, 0.1) is 0 Å². The number of nitrogens with zero attached hydrogens (tertiary/aromatic N) is 2. The highest BCUT2D eigenvalue weighted by molar-refractivity contribution is 6.25. The second-order valence-electron chi connectivity index (χ2n) is 11.0. The smallest absolute Gasteiger partial charge is 0.156 e. The number of benzene rings is 6. The molecule has 1 aromatic heterocycles. The van der Waals surface area contributed by atoms with E-state index in [4.69, 9.17) is 9.97 Å². The van der Waals surface area contributed by atoms with E-state index in [1.807, 2.05) is 12.1 Å². The first-order chi connectivity index (χ1) is 20.8. The molecule has 1 atom stereocenters. The Hall–Kier alpha value is -5.34. The van der Waals surface area contributed by atoms with Crippen molar-refractivity contribution in [2.45, 2.75) is 12.3 Å². The molecule has 1 aliphatic rings. The molecule has 0 amide bonds. The van der Waals surface area contributed by atoms with Gasteiger partial charge in [-0.1, -0.05) is 140 Å². The van der Waals surface area contributed by atoms with Crippen molar-refractivity contribution in [2.75, 3.05) is 0 Å². The lowest BCUT2D eigenvalue weighted by molar-refractivity contribution is 0.858. The number of hydrogen-bond donors (Lipinski definition) is 0. The Bertz CT molecular complexity index is 2070. The first-order valence-corrected chi connectivity index (χ1v) is 14.5. The van der Waals surface area contributed by atoms with Crippen LogP contribution in [-0.2, 0) is 0 Å². The highest BCUT2D eigenvalue weighted by Gasteiger charge is 2.20. The predicted octanol–water partition coefficient (Wildman–Crippen LogP) is 10.4. The molecule has 1 heterocycles. The van der Waals surface area contributed by atoms with Crippen molar-refractivity contribution in [3.05, 3.63) is 163 Å².